The summed E-state index contributed by atoms with van der Waals surface area (Å²) >= 11 is 0. The lowest BCUT2D eigenvalue weighted by Crippen LogP contribution is -2.57. The Morgan fingerprint density at radius 3 is 1.93 bits per heavy atom. The summed E-state index contributed by atoms with van der Waals surface area (Å²) in [6.45, 7) is 18.2. The van der Waals surface area contributed by atoms with Gasteiger partial charge in [0.1, 0.15) is 5.82 Å². The van der Waals surface area contributed by atoms with E-state index in [2.05, 4.69) is 162 Å². The third-order valence-electron chi connectivity index (χ3n) is 9.98. The van der Waals surface area contributed by atoms with Gasteiger partial charge in [-0.25, -0.2) is 4.98 Å². The Morgan fingerprint density at radius 2 is 1.24 bits per heavy atom. The lowest BCUT2D eigenvalue weighted by molar-refractivity contribution is 0.590. The minimum Gasteiger partial charge on any atom is -0.359 e. The van der Waals surface area contributed by atoms with Gasteiger partial charge in [0.2, 0.25) is 0 Å². The van der Waals surface area contributed by atoms with Crippen LogP contribution in [0.15, 0.2) is 97.1 Å². The van der Waals surface area contributed by atoms with Crippen LogP contribution in [0.2, 0.25) is 0 Å². The van der Waals surface area contributed by atoms with E-state index in [1.54, 1.807) is 0 Å². The zero-order valence-electron chi connectivity index (χ0n) is 27.7. The van der Waals surface area contributed by atoms with Crippen molar-refractivity contribution in [3.63, 3.8) is 0 Å². The number of para-hydroxylation sites is 1. The van der Waals surface area contributed by atoms with E-state index in [9.17, 15) is 0 Å². The summed E-state index contributed by atoms with van der Waals surface area (Å²) in [5, 5.41) is 0. The molecule has 3 nitrogen and oxygen atoms in total. The summed E-state index contributed by atoms with van der Waals surface area (Å²) in [6, 6.07) is 36.4. The van der Waals surface area contributed by atoms with Crippen molar-refractivity contribution in [2.24, 2.45) is 0 Å². The molecule has 1 aromatic heterocycles. The average molecular weight is 586 g/mol. The molecule has 45 heavy (non-hydrogen) atoms. The minimum absolute atomic E-state index is 0.00694. The van der Waals surface area contributed by atoms with Crippen molar-refractivity contribution in [1.29, 1.82) is 0 Å². The summed E-state index contributed by atoms with van der Waals surface area (Å²) in [7, 11) is 0. The number of aromatic nitrogens is 2. The van der Waals surface area contributed by atoms with Crippen LogP contribution >= 0.6 is 0 Å². The highest BCUT2D eigenvalue weighted by atomic mass is 15.2. The number of aryl methyl sites for hydroxylation is 2. The summed E-state index contributed by atoms with van der Waals surface area (Å²) in [6.07, 6.45) is 0. The van der Waals surface area contributed by atoms with Gasteiger partial charge in [-0.05, 0) is 93.8 Å². The Kier molecular flexibility index (Phi) is 5.88. The maximum Gasteiger partial charge on any atom is 0.334 e. The molecule has 0 N–H and O–H groups in total. The topological polar surface area (TPSA) is 21.1 Å². The smallest absolute Gasteiger partial charge is 0.334 e. The van der Waals surface area contributed by atoms with Gasteiger partial charge in [-0.2, -0.15) is 0 Å². The van der Waals surface area contributed by atoms with Crippen LogP contribution in [0.3, 0.4) is 0 Å². The van der Waals surface area contributed by atoms with Crippen molar-refractivity contribution in [2.45, 2.75) is 66.2 Å². The number of anilines is 3. The second-order valence-corrected chi connectivity index (χ2v) is 15.0. The van der Waals surface area contributed by atoms with Crippen LogP contribution < -0.4 is 15.8 Å². The Bertz CT molecular complexity index is 2140. The zero-order valence-corrected chi connectivity index (χ0v) is 27.7. The Balaban J connectivity index is 1.49. The van der Waals surface area contributed by atoms with Crippen LogP contribution in [0.25, 0.3) is 33.5 Å². The second-order valence-electron chi connectivity index (χ2n) is 15.0. The van der Waals surface area contributed by atoms with Crippen LogP contribution in [0, 0.1) is 13.8 Å². The van der Waals surface area contributed by atoms with Crippen molar-refractivity contribution in [1.82, 2.24) is 9.46 Å². The van der Waals surface area contributed by atoms with E-state index < -0.39 is 0 Å². The molecule has 0 radical (unpaired) electrons. The van der Waals surface area contributed by atoms with Crippen molar-refractivity contribution >= 4 is 45.9 Å². The Labute approximate surface area is 267 Å². The van der Waals surface area contributed by atoms with Crippen LogP contribution in [0.1, 0.15) is 63.8 Å². The number of hydrogen-bond donors (Lipinski definition) is 0. The molecule has 8 rings (SSSR count). The molecule has 0 fully saturated rings. The van der Waals surface area contributed by atoms with E-state index in [4.69, 9.17) is 4.98 Å². The highest BCUT2D eigenvalue weighted by Crippen LogP contribution is 2.45. The number of benzene rings is 5. The van der Waals surface area contributed by atoms with Gasteiger partial charge >= 0.3 is 6.85 Å². The standard InChI is InChI=1S/C41H40BN3/c1-25-12-9-13-26(2)36(25)39-43-33-16-10-15-31-30-14-11-17-35-37(30)42(45(39)38(31)33)32-24-28(41(6,7)8)20-23-34(32)44(35)29-21-18-27(19-22-29)40(3,4)5/h9-24H,1-8H3. The van der Waals surface area contributed by atoms with E-state index in [1.807, 2.05) is 0 Å². The molecule has 0 spiro atoms. The molecule has 0 atom stereocenters. The lowest BCUT2D eigenvalue weighted by atomic mass is 9.44. The first-order chi connectivity index (χ1) is 21.4. The first-order valence-electron chi connectivity index (χ1n) is 16.2. The fourth-order valence-electron chi connectivity index (χ4n) is 7.62. The van der Waals surface area contributed by atoms with Gasteiger partial charge in [0.15, 0.2) is 0 Å². The van der Waals surface area contributed by atoms with Gasteiger partial charge in [-0.1, -0.05) is 108 Å². The first-order valence-corrected chi connectivity index (χ1v) is 16.2. The first kappa shape index (κ1) is 27.9. The van der Waals surface area contributed by atoms with E-state index in [0.717, 1.165) is 11.3 Å². The summed E-state index contributed by atoms with van der Waals surface area (Å²) in [4.78, 5) is 7.90. The monoisotopic (exact) mass is 585 g/mol. The molecular weight excluding hydrogens is 545 g/mol. The van der Waals surface area contributed by atoms with Crippen LogP contribution in [0.4, 0.5) is 17.1 Å². The van der Waals surface area contributed by atoms with Gasteiger partial charge in [-0.3, -0.25) is 0 Å². The van der Waals surface area contributed by atoms with Gasteiger partial charge in [0.05, 0.1) is 11.0 Å². The van der Waals surface area contributed by atoms with Gasteiger partial charge < -0.3 is 9.38 Å². The predicted octanol–water partition coefficient (Wildman–Crippen LogP) is 9.33. The number of imidazole rings is 1. The molecule has 2 aliphatic rings. The molecule has 3 heterocycles. The van der Waals surface area contributed by atoms with Crippen LogP contribution in [0.5, 0.6) is 0 Å². The number of fused-ring (bicyclic) bond motifs is 4. The third kappa shape index (κ3) is 4.08. The highest BCUT2D eigenvalue weighted by molar-refractivity contribution is 6.89. The van der Waals surface area contributed by atoms with E-state index in [-0.39, 0.29) is 17.7 Å². The van der Waals surface area contributed by atoms with Gasteiger partial charge in [-0.15, -0.1) is 0 Å². The number of nitrogens with zero attached hydrogens (tertiary/aromatic N) is 3. The molecule has 0 unspecified atom stereocenters. The van der Waals surface area contributed by atoms with Crippen LogP contribution in [-0.4, -0.2) is 16.3 Å². The van der Waals surface area contributed by atoms with Crippen molar-refractivity contribution in [3.8, 4) is 22.5 Å². The fraction of sp³-hybridized carbons (Fsp3) is 0.244. The molecule has 0 saturated carbocycles. The lowest BCUT2D eigenvalue weighted by Gasteiger charge is -2.41. The van der Waals surface area contributed by atoms with Crippen molar-refractivity contribution in [3.05, 3.63) is 119 Å². The summed E-state index contributed by atoms with van der Waals surface area (Å²) < 4.78 is 2.57. The normalized spacial score (nSPS) is 13.7. The summed E-state index contributed by atoms with van der Waals surface area (Å²) in [5.74, 6) is 1.05. The largest absolute Gasteiger partial charge is 0.359 e. The van der Waals surface area contributed by atoms with Crippen molar-refractivity contribution < 1.29 is 0 Å². The number of hydrogen-bond acceptors (Lipinski definition) is 2. The fourth-order valence-corrected chi connectivity index (χ4v) is 7.62. The minimum atomic E-state index is -0.00694. The molecule has 222 valence electrons. The highest BCUT2D eigenvalue weighted by Gasteiger charge is 2.43. The SMILES string of the molecule is Cc1cccc(C)c1-c1nc2cccc3c2n1B1c2cc(C(C)(C)C)ccc2N(c2ccc(C(C)(C)C)cc2)c2cccc-3c21. The predicted molar refractivity (Wildman–Crippen MR) is 193 cm³/mol. The molecule has 0 saturated heterocycles. The maximum atomic E-state index is 5.41. The van der Waals surface area contributed by atoms with E-state index in [1.165, 1.54) is 72.4 Å². The molecule has 0 bridgehead atoms. The maximum absolute atomic E-state index is 5.41. The molecular formula is C41H40BN3. The molecule has 4 heteroatoms. The Morgan fingerprint density at radius 1 is 0.622 bits per heavy atom. The molecule has 2 aliphatic heterocycles. The van der Waals surface area contributed by atoms with Gasteiger partial charge in [0.25, 0.3) is 0 Å². The molecule has 5 aromatic carbocycles. The zero-order chi connectivity index (χ0) is 31.4. The summed E-state index contributed by atoms with van der Waals surface area (Å²) in [5.41, 5.74) is 17.7. The van der Waals surface area contributed by atoms with Crippen LogP contribution in [-0.2, 0) is 10.8 Å². The third-order valence-corrected chi connectivity index (χ3v) is 9.98. The number of rotatable bonds is 2. The molecule has 0 aliphatic carbocycles. The quantitative estimate of drug-likeness (QED) is 0.189. The molecule has 0 amide bonds. The van der Waals surface area contributed by atoms with E-state index in [0.29, 0.717) is 0 Å². The Hall–Kier alpha value is -4.57. The second kappa shape index (κ2) is 9.47. The average Bonchev–Trinajstić information content (AvgIpc) is 3.37. The van der Waals surface area contributed by atoms with Gasteiger partial charge in [0, 0.05) is 28.2 Å². The van der Waals surface area contributed by atoms with Crippen molar-refractivity contribution in [2.75, 3.05) is 4.90 Å². The van der Waals surface area contributed by atoms with E-state index >= 15 is 0 Å². The molecule has 6 aromatic rings.